The minimum atomic E-state index is -3.98. The van der Waals surface area contributed by atoms with Gasteiger partial charge >= 0.3 is 5.97 Å². The summed E-state index contributed by atoms with van der Waals surface area (Å²) in [7, 11) is -3.98. The molecule has 2 aromatic carbocycles. The second kappa shape index (κ2) is 6.18. The van der Waals surface area contributed by atoms with Crippen molar-refractivity contribution in [2.75, 3.05) is 0 Å². The van der Waals surface area contributed by atoms with Crippen molar-refractivity contribution in [3.8, 4) is 11.1 Å². The molecule has 0 unspecified atom stereocenters. The van der Waals surface area contributed by atoms with Crippen LogP contribution in [0.5, 0.6) is 0 Å². The maximum absolute atomic E-state index is 13.1. The highest BCUT2D eigenvalue weighted by atomic mass is 32.2. The smallest absolute Gasteiger partial charge is 0.335 e. The van der Waals surface area contributed by atoms with Gasteiger partial charge in [0.1, 0.15) is 5.82 Å². The van der Waals surface area contributed by atoms with E-state index in [1.165, 1.54) is 43.7 Å². The molecule has 3 aromatic rings. The molecule has 25 heavy (non-hydrogen) atoms. The third kappa shape index (κ3) is 2.94. The van der Waals surface area contributed by atoms with Gasteiger partial charge in [0.25, 0.3) is 0 Å². The normalized spacial score (nSPS) is 11.4. The molecule has 0 saturated heterocycles. The Kier molecular flexibility index (Phi) is 4.18. The second-order valence-corrected chi connectivity index (χ2v) is 7.30. The molecule has 5 nitrogen and oxygen atoms in total. The van der Waals surface area contributed by atoms with Gasteiger partial charge in [-0.2, -0.15) is 0 Å². The quantitative estimate of drug-likeness (QED) is 0.713. The Hall–Kier alpha value is -2.93. The first-order valence-electron chi connectivity index (χ1n) is 7.22. The molecule has 1 aromatic heterocycles. The fraction of sp³-hybridized carbons (Fsp3) is 0.0556. The number of hydrogen-bond acceptors (Lipinski definition) is 4. The van der Waals surface area contributed by atoms with Crippen LogP contribution in [-0.2, 0) is 9.84 Å². The number of carboxylic acid groups (broad SMARTS) is 1. The Bertz CT molecular complexity index is 1040. The summed E-state index contributed by atoms with van der Waals surface area (Å²) in [6, 6.07) is 8.51. The van der Waals surface area contributed by atoms with E-state index in [4.69, 9.17) is 4.42 Å². The van der Waals surface area contributed by atoms with Gasteiger partial charge < -0.3 is 9.52 Å². The van der Waals surface area contributed by atoms with E-state index in [1.807, 2.05) is 0 Å². The fourth-order valence-corrected chi connectivity index (χ4v) is 4.18. The SMILES string of the molecule is Cc1c(C(=O)O)ccc(S(=O)(=O)c2ccc(F)cc2)c1-c1ccoc1. The van der Waals surface area contributed by atoms with Crippen molar-refractivity contribution < 1.29 is 27.1 Å². The summed E-state index contributed by atoms with van der Waals surface area (Å²) in [5, 5.41) is 9.31. The summed E-state index contributed by atoms with van der Waals surface area (Å²) in [6.07, 6.45) is 2.72. The monoisotopic (exact) mass is 360 g/mol. The molecule has 0 aliphatic carbocycles. The fourth-order valence-electron chi connectivity index (χ4n) is 2.65. The van der Waals surface area contributed by atoms with Crippen molar-refractivity contribution in [1.82, 2.24) is 0 Å². The van der Waals surface area contributed by atoms with Crippen molar-refractivity contribution in [2.24, 2.45) is 0 Å². The molecule has 0 spiro atoms. The first kappa shape index (κ1) is 16.9. The number of aromatic carboxylic acids is 1. The lowest BCUT2D eigenvalue weighted by Crippen LogP contribution is -2.08. The number of carboxylic acids is 1. The molecule has 128 valence electrons. The van der Waals surface area contributed by atoms with Crippen LogP contribution in [-0.4, -0.2) is 19.5 Å². The lowest BCUT2D eigenvalue weighted by Gasteiger charge is -2.14. The molecule has 0 amide bonds. The summed E-state index contributed by atoms with van der Waals surface area (Å²) < 4.78 is 44.1. The highest BCUT2D eigenvalue weighted by Crippen LogP contribution is 2.36. The van der Waals surface area contributed by atoms with Crippen molar-refractivity contribution >= 4 is 15.8 Å². The van der Waals surface area contributed by atoms with E-state index < -0.39 is 21.6 Å². The molecule has 0 aliphatic rings. The zero-order chi connectivity index (χ0) is 18.2. The zero-order valence-electron chi connectivity index (χ0n) is 13.1. The number of halogens is 1. The van der Waals surface area contributed by atoms with Crippen molar-refractivity contribution in [1.29, 1.82) is 0 Å². The number of benzene rings is 2. The number of rotatable bonds is 4. The highest BCUT2D eigenvalue weighted by Gasteiger charge is 2.26. The molecule has 0 saturated carbocycles. The topological polar surface area (TPSA) is 84.6 Å². The molecule has 0 bridgehead atoms. The van der Waals surface area contributed by atoms with Gasteiger partial charge in [-0.05, 0) is 55.0 Å². The Morgan fingerprint density at radius 2 is 1.76 bits per heavy atom. The van der Waals surface area contributed by atoms with Crippen LogP contribution in [0, 0.1) is 12.7 Å². The second-order valence-electron chi connectivity index (χ2n) is 5.39. The summed E-state index contributed by atoms with van der Waals surface area (Å²) in [4.78, 5) is 11.2. The molecule has 0 fully saturated rings. The van der Waals surface area contributed by atoms with Gasteiger partial charge in [0.2, 0.25) is 9.84 Å². The maximum Gasteiger partial charge on any atom is 0.335 e. The van der Waals surface area contributed by atoms with Crippen LogP contribution >= 0.6 is 0 Å². The first-order chi connectivity index (χ1) is 11.8. The van der Waals surface area contributed by atoms with Gasteiger partial charge in [-0.3, -0.25) is 0 Å². The van der Waals surface area contributed by atoms with E-state index in [0.29, 0.717) is 11.1 Å². The third-order valence-electron chi connectivity index (χ3n) is 3.88. The van der Waals surface area contributed by atoms with E-state index >= 15 is 0 Å². The molecule has 0 aliphatic heterocycles. The minimum absolute atomic E-state index is 0.00532. The van der Waals surface area contributed by atoms with E-state index in [1.54, 1.807) is 6.07 Å². The Morgan fingerprint density at radius 3 is 2.32 bits per heavy atom. The highest BCUT2D eigenvalue weighted by molar-refractivity contribution is 7.91. The van der Waals surface area contributed by atoms with Gasteiger partial charge in [0.05, 0.1) is 27.9 Å². The van der Waals surface area contributed by atoms with Crippen molar-refractivity contribution in [2.45, 2.75) is 16.7 Å². The zero-order valence-corrected chi connectivity index (χ0v) is 13.9. The largest absolute Gasteiger partial charge is 0.478 e. The van der Waals surface area contributed by atoms with Crippen molar-refractivity contribution in [3.05, 3.63) is 71.9 Å². The summed E-state index contributed by atoms with van der Waals surface area (Å²) in [5.74, 6) is -1.71. The van der Waals surface area contributed by atoms with Gasteiger partial charge in [-0.15, -0.1) is 0 Å². The molecule has 3 rings (SSSR count). The average Bonchev–Trinajstić information content (AvgIpc) is 3.08. The van der Waals surface area contributed by atoms with Crippen LogP contribution in [0.2, 0.25) is 0 Å². The lowest BCUT2D eigenvalue weighted by molar-refractivity contribution is 0.0696. The van der Waals surface area contributed by atoms with Crippen LogP contribution in [0.25, 0.3) is 11.1 Å². The molecular weight excluding hydrogens is 347 g/mol. The number of carbonyl (C=O) groups is 1. The Balaban J connectivity index is 2.31. The minimum Gasteiger partial charge on any atom is -0.478 e. The molecular formula is C18H13FO5S. The van der Waals surface area contributed by atoms with Gasteiger partial charge in [0, 0.05) is 11.1 Å². The number of furan rings is 1. The van der Waals surface area contributed by atoms with Crippen LogP contribution < -0.4 is 0 Å². The summed E-state index contributed by atoms with van der Waals surface area (Å²) >= 11 is 0. The maximum atomic E-state index is 13.1. The van der Waals surface area contributed by atoms with Crippen LogP contribution in [0.4, 0.5) is 4.39 Å². The van der Waals surface area contributed by atoms with Crippen molar-refractivity contribution in [3.63, 3.8) is 0 Å². The first-order valence-corrected chi connectivity index (χ1v) is 8.71. The van der Waals surface area contributed by atoms with E-state index in [-0.39, 0.29) is 20.9 Å². The van der Waals surface area contributed by atoms with Gasteiger partial charge in [0.15, 0.2) is 0 Å². The van der Waals surface area contributed by atoms with E-state index in [2.05, 4.69) is 0 Å². The van der Waals surface area contributed by atoms with Crippen LogP contribution in [0.15, 0.2) is 69.2 Å². The Morgan fingerprint density at radius 1 is 1.08 bits per heavy atom. The molecule has 1 heterocycles. The van der Waals surface area contributed by atoms with E-state index in [9.17, 15) is 22.7 Å². The standard InChI is InChI=1S/C18H13FO5S/c1-11-15(18(20)21)6-7-16(17(11)12-8-9-24-10-12)25(22,23)14-4-2-13(19)3-5-14/h2-10H,1H3,(H,20,21). The van der Waals surface area contributed by atoms with Gasteiger partial charge in [-0.1, -0.05) is 0 Å². The summed E-state index contributed by atoms with van der Waals surface area (Å²) in [6.45, 7) is 1.54. The average molecular weight is 360 g/mol. The molecule has 0 radical (unpaired) electrons. The molecule has 7 heteroatoms. The van der Waals surface area contributed by atoms with Gasteiger partial charge in [-0.25, -0.2) is 17.6 Å². The molecule has 1 N–H and O–H groups in total. The van der Waals surface area contributed by atoms with Crippen LogP contribution in [0.3, 0.4) is 0 Å². The predicted octanol–water partition coefficient (Wildman–Crippen LogP) is 3.93. The summed E-state index contributed by atoms with van der Waals surface area (Å²) in [5.41, 5.74) is 0.991. The Labute approximate surface area is 143 Å². The third-order valence-corrected chi connectivity index (χ3v) is 5.69. The number of sulfone groups is 1. The van der Waals surface area contributed by atoms with Crippen LogP contribution in [0.1, 0.15) is 15.9 Å². The predicted molar refractivity (Wildman–Crippen MR) is 87.7 cm³/mol. The molecule has 0 atom stereocenters. The lowest BCUT2D eigenvalue weighted by atomic mass is 9.98. The van der Waals surface area contributed by atoms with E-state index in [0.717, 1.165) is 12.1 Å². The number of hydrogen-bond donors (Lipinski definition) is 1.